The normalized spacial score (nSPS) is 19.2. The standard InChI is InChI=1S/C13H14N2O2/c14-13-8-5-4-7(16)6-10(8)15-9-2-1-3-11(17)12(9)13/h4-6,11,16-17H,1-3H2,(H2,14,15). The van der Waals surface area contributed by atoms with Gasteiger partial charge in [-0.15, -0.1) is 0 Å². The molecule has 1 aromatic heterocycles. The minimum absolute atomic E-state index is 0.181. The first-order valence-corrected chi connectivity index (χ1v) is 5.76. The van der Waals surface area contributed by atoms with Crippen LogP contribution in [0.2, 0.25) is 0 Å². The number of aliphatic hydroxyl groups excluding tert-OH is 1. The van der Waals surface area contributed by atoms with Gasteiger partial charge in [0.2, 0.25) is 0 Å². The molecule has 0 saturated heterocycles. The lowest BCUT2D eigenvalue weighted by Crippen LogP contribution is -2.14. The summed E-state index contributed by atoms with van der Waals surface area (Å²) >= 11 is 0. The lowest BCUT2D eigenvalue weighted by Gasteiger charge is -2.23. The molecule has 4 N–H and O–H groups in total. The van der Waals surface area contributed by atoms with E-state index in [1.54, 1.807) is 18.2 Å². The molecule has 1 aliphatic carbocycles. The average Bonchev–Trinajstić information content (AvgIpc) is 2.28. The predicted molar refractivity (Wildman–Crippen MR) is 65.7 cm³/mol. The van der Waals surface area contributed by atoms with E-state index in [4.69, 9.17) is 5.73 Å². The van der Waals surface area contributed by atoms with E-state index >= 15 is 0 Å². The number of fused-ring (bicyclic) bond motifs is 2. The third kappa shape index (κ3) is 1.52. The van der Waals surface area contributed by atoms with Gasteiger partial charge in [-0.3, -0.25) is 4.98 Å². The summed E-state index contributed by atoms with van der Waals surface area (Å²) in [5.74, 6) is 0.181. The molecule has 4 heteroatoms. The SMILES string of the molecule is Nc1c2c(nc3cc(O)ccc13)CCCC2O. The molecular formula is C13H14N2O2. The van der Waals surface area contributed by atoms with Gasteiger partial charge in [0.15, 0.2) is 0 Å². The summed E-state index contributed by atoms with van der Waals surface area (Å²) < 4.78 is 0. The number of phenols is 1. The Bertz CT molecular complexity index is 595. The van der Waals surface area contributed by atoms with Gasteiger partial charge in [-0.05, 0) is 31.4 Å². The molecule has 2 aromatic rings. The number of aliphatic hydroxyl groups is 1. The fourth-order valence-corrected chi connectivity index (χ4v) is 2.52. The van der Waals surface area contributed by atoms with E-state index in [9.17, 15) is 10.2 Å². The zero-order valence-corrected chi connectivity index (χ0v) is 9.35. The number of hydrogen-bond donors (Lipinski definition) is 3. The molecule has 0 amide bonds. The molecule has 0 fully saturated rings. The highest BCUT2D eigenvalue weighted by Gasteiger charge is 2.23. The lowest BCUT2D eigenvalue weighted by atomic mass is 9.90. The van der Waals surface area contributed by atoms with Crippen LogP contribution < -0.4 is 5.73 Å². The van der Waals surface area contributed by atoms with Crippen molar-refractivity contribution >= 4 is 16.6 Å². The number of nitrogens with zero attached hydrogens (tertiary/aromatic N) is 1. The number of aromatic nitrogens is 1. The Labute approximate surface area is 98.7 Å². The lowest BCUT2D eigenvalue weighted by molar-refractivity contribution is 0.156. The monoisotopic (exact) mass is 230 g/mol. The van der Waals surface area contributed by atoms with Crippen LogP contribution in [-0.4, -0.2) is 15.2 Å². The van der Waals surface area contributed by atoms with E-state index < -0.39 is 6.10 Å². The van der Waals surface area contributed by atoms with Gasteiger partial charge in [0.25, 0.3) is 0 Å². The van der Waals surface area contributed by atoms with E-state index in [0.29, 0.717) is 11.2 Å². The van der Waals surface area contributed by atoms with E-state index in [0.717, 1.165) is 35.9 Å². The highest BCUT2D eigenvalue weighted by Crippen LogP contribution is 2.37. The quantitative estimate of drug-likeness (QED) is 0.645. The van der Waals surface area contributed by atoms with Crippen LogP contribution in [0.1, 0.15) is 30.2 Å². The van der Waals surface area contributed by atoms with Crippen LogP contribution in [0.5, 0.6) is 5.75 Å². The van der Waals surface area contributed by atoms with Crippen LogP contribution in [0, 0.1) is 0 Å². The van der Waals surface area contributed by atoms with Gasteiger partial charge in [0.05, 0.1) is 11.6 Å². The number of aryl methyl sites for hydroxylation is 1. The second-order valence-corrected chi connectivity index (χ2v) is 4.50. The largest absolute Gasteiger partial charge is 0.508 e. The van der Waals surface area contributed by atoms with Gasteiger partial charge in [-0.25, -0.2) is 0 Å². The van der Waals surface area contributed by atoms with E-state index in [1.165, 1.54) is 0 Å². The number of nitrogens with two attached hydrogens (primary N) is 1. The summed E-state index contributed by atoms with van der Waals surface area (Å²) in [7, 11) is 0. The number of hydrogen-bond acceptors (Lipinski definition) is 4. The van der Waals surface area contributed by atoms with E-state index in [1.807, 2.05) is 0 Å². The van der Waals surface area contributed by atoms with Crippen molar-refractivity contribution in [3.05, 3.63) is 29.5 Å². The Kier molecular flexibility index (Phi) is 2.19. The molecule has 17 heavy (non-hydrogen) atoms. The van der Waals surface area contributed by atoms with Gasteiger partial charge in [-0.1, -0.05) is 0 Å². The predicted octanol–water partition coefficient (Wildman–Crippen LogP) is 1.89. The van der Waals surface area contributed by atoms with Crippen LogP contribution in [0.4, 0.5) is 5.69 Å². The summed E-state index contributed by atoms with van der Waals surface area (Å²) in [5.41, 5.74) is 9.02. The molecule has 1 aromatic carbocycles. The zero-order chi connectivity index (χ0) is 12.0. The van der Waals surface area contributed by atoms with Gasteiger partial charge in [-0.2, -0.15) is 0 Å². The van der Waals surface area contributed by atoms with Gasteiger partial charge in [0.1, 0.15) is 5.75 Å². The molecule has 88 valence electrons. The summed E-state index contributed by atoms with van der Waals surface area (Å²) in [4.78, 5) is 4.49. The summed E-state index contributed by atoms with van der Waals surface area (Å²) in [6.45, 7) is 0. The molecule has 0 radical (unpaired) electrons. The first-order valence-electron chi connectivity index (χ1n) is 5.76. The molecule has 4 nitrogen and oxygen atoms in total. The van der Waals surface area contributed by atoms with Gasteiger partial charge >= 0.3 is 0 Å². The maximum absolute atomic E-state index is 9.99. The number of benzene rings is 1. The maximum Gasteiger partial charge on any atom is 0.117 e. The minimum atomic E-state index is -0.510. The zero-order valence-electron chi connectivity index (χ0n) is 9.35. The molecular weight excluding hydrogens is 216 g/mol. The Balaban J connectivity index is 2.35. The average molecular weight is 230 g/mol. The summed E-state index contributed by atoms with van der Waals surface area (Å²) in [5, 5.41) is 20.2. The fraction of sp³-hybridized carbons (Fsp3) is 0.308. The van der Waals surface area contributed by atoms with E-state index in [2.05, 4.69) is 4.98 Å². The van der Waals surface area contributed by atoms with Crippen molar-refractivity contribution in [2.24, 2.45) is 0 Å². The molecule has 0 bridgehead atoms. The third-order valence-electron chi connectivity index (χ3n) is 3.35. The van der Waals surface area contributed by atoms with Crippen LogP contribution >= 0.6 is 0 Å². The second-order valence-electron chi connectivity index (χ2n) is 4.50. The van der Waals surface area contributed by atoms with Gasteiger partial charge in [0, 0.05) is 28.4 Å². The highest BCUT2D eigenvalue weighted by atomic mass is 16.3. The second kappa shape index (κ2) is 3.60. The smallest absolute Gasteiger partial charge is 0.117 e. The molecule has 3 rings (SSSR count). The van der Waals surface area contributed by atoms with Crippen molar-refractivity contribution in [1.82, 2.24) is 4.98 Å². The van der Waals surface area contributed by atoms with Gasteiger partial charge < -0.3 is 15.9 Å². The number of anilines is 1. The molecule has 0 aliphatic heterocycles. The Hall–Kier alpha value is -1.81. The first kappa shape index (κ1) is 10.4. The van der Waals surface area contributed by atoms with Crippen LogP contribution in [0.15, 0.2) is 18.2 Å². The number of nitrogen functional groups attached to an aromatic ring is 1. The number of rotatable bonds is 0. The van der Waals surface area contributed by atoms with Crippen LogP contribution in [0.25, 0.3) is 10.9 Å². The van der Waals surface area contributed by atoms with Crippen molar-refractivity contribution in [1.29, 1.82) is 0 Å². The maximum atomic E-state index is 9.99. The third-order valence-corrected chi connectivity index (χ3v) is 3.35. The van der Waals surface area contributed by atoms with Crippen LogP contribution in [0.3, 0.4) is 0 Å². The highest BCUT2D eigenvalue weighted by molar-refractivity contribution is 5.93. The Morgan fingerprint density at radius 2 is 2.18 bits per heavy atom. The van der Waals surface area contributed by atoms with Crippen molar-refractivity contribution in [3.8, 4) is 5.75 Å². The fourth-order valence-electron chi connectivity index (χ4n) is 2.52. The molecule has 1 heterocycles. The number of phenolic OH excluding ortho intramolecular Hbond substituents is 1. The molecule has 1 atom stereocenters. The molecule has 0 spiro atoms. The molecule has 1 aliphatic rings. The Morgan fingerprint density at radius 1 is 1.35 bits per heavy atom. The van der Waals surface area contributed by atoms with Crippen molar-refractivity contribution in [3.63, 3.8) is 0 Å². The topological polar surface area (TPSA) is 79.4 Å². The number of pyridine rings is 1. The molecule has 1 unspecified atom stereocenters. The number of aromatic hydroxyl groups is 1. The first-order chi connectivity index (χ1) is 8.16. The summed E-state index contributed by atoms with van der Waals surface area (Å²) in [6, 6.07) is 4.93. The minimum Gasteiger partial charge on any atom is -0.508 e. The van der Waals surface area contributed by atoms with Crippen molar-refractivity contribution < 1.29 is 10.2 Å². The van der Waals surface area contributed by atoms with Crippen molar-refractivity contribution in [2.45, 2.75) is 25.4 Å². The Morgan fingerprint density at radius 3 is 3.00 bits per heavy atom. The van der Waals surface area contributed by atoms with Crippen LogP contribution in [-0.2, 0) is 6.42 Å². The van der Waals surface area contributed by atoms with E-state index in [-0.39, 0.29) is 5.75 Å². The molecule has 0 saturated carbocycles. The summed E-state index contributed by atoms with van der Waals surface area (Å²) in [6.07, 6.45) is 1.99. The van der Waals surface area contributed by atoms with Crippen molar-refractivity contribution in [2.75, 3.05) is 5.73 Å².